The van der Waals surface area contributed by atoms with Gasteiger partial charge in [-0.3, -0.25) is 0 Å². The molecule has 1 aromatic carbocycles. The standard InChI is InChI=1S/C14H22N2O/c1-17-14-8-3-2-6-12(14)10-15-11-13-7-4-5-9-16-13/h2-3,6,8,13,15-16H,4-5,7,9-11H2,1H3. The number of hydrogen-bond acceptors (Lipinski definition) is 3. The number of hydrogen-bond donors (Lipinski definition) is 2. The van der Waals surface area contributed by atoms with Crippen LogP contribution in [0.5, 0.6) is 5.75 Å². The molecule has 0 amide bonds. The predicted octanol–water partition coefficient (Wildman–Crippen LogP) is 1.93. The van der Waals surface area contributed by atoms with Crippen molar-refractivity contribution in [3.63, 3.8) is 0 Å². The first-order chi connectivity index (χ1) is 8.40. The van der Waals surface area contributed by atoms with E-state index in [-0.39, 0.29) is 0 Å². The first kappa shape index (κ1) is 12.4. The summed E-state index contributed by atoms with van der Waals surface area (Å²) in [6.07, 6.45) is 3.97. The van der Waals surface area contributed by atoms with Gasteiger partial charge < -0.3 is 15.4 Å². The second kappa shape index (κ2) is 6.62. The lowest BCUT2D eigenvalue weighted by atomic mass is 10.1. The molecule has 1 atom stereocenters. The van der Waals surface area contributed by atoms with E-state index in [1.807, 2.05) is 12.1 Å². The molecule has 1 fully saturated rings. The number of para-hydroxylation sites is 1. The monoisotopic (exact) mass is 234 g/mol. The van der Waals surface area contributed by atoms with Gasteiger partial charge in [-0.2, -0.15) is 0 Å². The molecule has 1 heterocycles. The van der Waals surface area contributed by atoms with Crippen molar-refractivity contribution in [1.82, 2.24) is 10.6 Å². The summed E-state index contributed by atoms with van der Waals surface area (Å²) in [6.45, 7) is 3.08. The van der Waals surface area contributed by atoms with Crippen LogP contribution in [0.3, 0.4) is 0 Å². The van der Waals surface area contributed by atoms with Gasteiger partial charge in [-0.05, 0) is 25.5 Å². The lowest BCUT2D eigenvalue weighted by Gasteiger charge is -2.23. The van der Waals surface area contributed by atoms with Gasteiger partial charge in [0.05, 0.1) is 7.11 Å². The maximum Gasteiger partial charge on any atom is 0.123 e. The van der Waals surface area contributed by atoms with E-state index < -0.39 is 0 Å². The van der Waals surface area contributed by atoms with Crippen LogP contribution in [-0.4, -0.2) is 26.2 Å². The van der Waals surface area contributed by atoms with Gasteiger partial charge in [-0.25, -0.2) is 0 Å². The largest absolute Gasteiger partial charge is 0.496 e. The summed E-state index contributed by atoms with van der Waals surface area (Å²) in [6, 6.07) is 8.82. The van der Waals surface area contributed by atoms with E-state index in [0.29, 0.717) is 6.04 Å². The molecule has 94 valence electrons. The van der Waals surface area contributed by atoms with Crippen LogP contribution in [0.2, 0.25) is 0 Å². The van der Waals surface area contributed by atoms with Crippen LogP contribution in [0, 0.1) is 0 Å². The van der Waals surface area contributed by atoms with Crippen molar-refractivity contribution >= 4 is 0 Å². The van der Waals surface area contributed by atoms with Crippen LogP contribution in [0.1, 0.15) is 24.8 Å². The number of ether oxygens (including phenoxy) is 1. The highest BCUT2D eigenvalue weighted by Gasteiger charge is 2.11. The van der Waals surface area contributed by atoms with Gasteiger partial charge in [0.1, 0.15) is 5.75 Å². The third-order valence-corrected chi connectivity index (χ3v) is 3.31. The Morgan fingerprint density at radius 2 is 2.24 bits per heavy atom. The average molecular weight is 234 g/mol. The van der Waals surface area contributed by atoms with Gasteiger partial charge in [0, 0.05) is 24.7 Å². The molecule has 3 nitrogen and oxygen atoms in total. The minimum Gasteiger partial charge on any atom is -0.496 e. The second-order valence-electron chi connectivity index (χ2n) is 4.59. The molecular weight excluding hydrogens is 212 g/mol. The lowest BCUT2D eigenvalue weighted by molar-refractivity contribution is 0.378. The Morgan fingerprint density at radius 3 is 3.00 bits per heavy atom. The van der Waals surface area contributed by atoms with E-state index in [4.69, 9.17) is 4.74 Å². The summed E-state index contributed by atoms with van der Waals surface area (Å²) >= 11 is 0. The Bertz CT molecular complexity index is 335. The molecule has 0 radical (unpaired) electrons. The highest BCUT2D eigenvalue weighted by Crippen LogP contribution is 2.16. The quantitative estimate of drug-likeness (QED) is 0.816. The summed E-state index contributed by atoms with van der Waals surface area (Å²) in [5.41, 5.74) is 1.23. The average Bonchev–Trinajstić information content (AvgIpc) is 2.40. The first-order valence-corrected chi connectivity index (χ1v) is 6.46. The van der Waals surface area contributed by atoms with Gasteiger partial charge in [0.15, 0.2) is 0 Å². The minimum atomic E-state index is 0.637. The van der Waals surface area contributed by atoms with Crippen molar-refractivity contribution in [3.8, 4) is 5.75 Å². The van der Waals surface area contributed by atoms with Crippen molar-refractivity contribution in [2.24, 2.45) is 0 Å². The van der Waals surface area contributed by atoms with E-state index in [2.05, 4.69) is 22.8 Å². The third-order valence-electron chi connectivity index (χ3n) is 3.31. The third kappa shape index (κ3) is 3.72. The van der Waals surface area contributed by atoms with Crippen molar-refractivity contribution in [2.45, 2.75) is 31.8 Å². The van der Waals surface area contributed by atoms with E-state index >= 15 is 0 Å². The van der Waals surface area contributed by atoms with Gasteiger partial charge >= 0.3 is 0 Å². The van der Waals surface area contributed by atoms with Gasteiger partial charge in [-0.1, -0.05) is 24.6 Å². The van der Waals surface area contributed by atoms with Crippen LogP contribution in [0.15, 0.2) is 24.3 Å². The van der Waals surface area contributed by atoms with Crippen LogP contribution >= 0.6 is 0 Å². The summed E-state index contributed by atoms with van der Waals surface area (Å²) in [5.74, 6) is 0.969. The van der Waals surface area contributed by atoms with E-state index in [1.54, 1.807) is 7.11 Å². The smallest absolute Gasteiger partial charge is 0.123 e. The highest BCUT2D eigenvalue weighted by atomic mass is 16.5. The summed E-state index contributed by atoms with van der Waals surface area (Å²) in [5, 5.41) is 7.04. The number of rotatable bonds is 5. The number of methoxy groups -OCH3 is 1. The summed E-state index contributed by atoms with van der Waals surface area (Å²) < 4.78 is 5.33. The molecule has 1 aromatic rings. The van der Waals surface area contributed by atoms with Crippen molar-refractivity contribution < 1.29 is 4.74 Å². The van der Waals surface area contributed by atoms with Crippen molar-refractivity contribution in [3.05, 3.63) is 29.8 Å². The molecular formula is C14H22N2O. The molecule has 0 spiro atoms. The number of benzene rings is 1. The molecule has 3 heteroatoms. The van der Waals surface area contributed by atoms with E-state index in [9.17, 15) is 0 Å². The van der Waals surface area contributed by atoms with E-state index in [0.717, 1.165) is 18.8 Å². The Morgan fingerprint density at radius 1 is 1.35 bits per heavy atom. The second-order valence-corrected chi connectivity index (χ2v) is 4.59. The molecule has 1 saturated heterocycles. The molecule has 2 N–H and O–H groups in total. The molecule has 0 aromatic heterocycles. The molecule has 0 aliphatic carbocycles. The zero-order valence-electron chi connectivity index (χ0n) is 10.5. The lowest BCUT2D eigenvalue weighted by Crippen LogP contribution is -2.41. The van der Waals surface area contributed by atoms with Crippen LogP contribution in [0.25, 0.3) is 0 Å². The molecule has 1 aliphatic heterocycles. The predicted molar refractivity (Wildman–Crippen MR) is 70.3 cm³/mol. The maximum absolute atomic E-state index is 5.33. The Kier molecular flexibility index (Phi) is 4.83. The normalized spacial score (nSPS) is 20.2. The van der Waals surface area contributed by atoms with E-state index in [1.165, 1.54) is 31.4 Å². The zero-order chi connectivity index (χ0) is 11.9. The number of nitrogens with one attached hydrogen (secondary N) is 2. The van der Waals surface area contributed by atoms with Gasteiger partial charge in [0.25, 0.3) is 0 Å². The summed E-state index contributed by atoms with van der Waals surface area (Å²) in [7, 11) is 1.72. The number of piperidine rings is 1. The fourth-order valence-corrected chi connectivity index (χ4v) is 2.33. The molecule has 0 saturated carbocycles. The van der Waals surface area contributed by atoms with Crippen molar-refractivity contribution in [1.29, 1.82) is 0 Å². The minimum absolute atomic E-state index is 0.637. The highest BCUT2D eigenvalue weighted by molar-refractivity contribution is 5.32. The Balaban J connectivity index is 1.77. The Labute approximate surface area is 104 Å². The molecule has 1 unspecified atom stereocenters. The SMILES string of the molecule is COc1ccccc1CNCC1CCCCN1. The fraction of sp³-hybridized carbons (Fsp3) is 0.571. The Hall–Kier alpha value is -1.06. The molecule has 2 rings (SSSR count). The van der Waals surface area contributed by atoms with Gasteiger partial charge in [0.2, 0.25) is 0 Å². The van der Waals surface area contributed by atoms with Gasteiger partial charge in [-0.15, -0.1) is 0 Å². The van der Waals surface area contributed by atoms with Crippen molar-refractivity contribution in [2.75, 3.05) is 20.2 Å². The molecule has 17 heavy (non-hydrogen) atoms. The molecule has 1 aliphatic rings. The zero-order valence-corrected chi connectivity index (χ0v) is 10.5. The van der Waals surface area contributed by atoms with Crippen LogP contribution in [-0.2, 0) is 6.54 Å². The van der Waals surface area contributed by atoms with Crippen LogP contribution < -0.4 is 15.4 Å². The summed E-state index contributed by atoms with van der Waals surface area (Å²) in [4.78, 5) is 0. The maximum atomic E-state index is 5.33. The first-order valence-electron chi connectivity index (χ1n) is 6.46. The van der Waals surface area contributed by atoms with Crippen LogP contribution in [0.4, 0.5) is 0 Å². The topological polar surface area (TPSA) is 33.3 Å². The molecule has 0 bridgehead atoms. The fourth-order valence-electron chi connectivity index (χ4n) is 2.33.